The highest BCUT2D eigenvalue weighted by atomic mass is 32.2. The van der Waals surface area contributed by atoms with Crippen LogP contribution in [-0.4, -0.2) is 36.2 Å². The summed E-state index contributed by atoms with van der Waals surface area (Å²) >= 11 is 0. The second-order valence-electron chi connectivity index (χ2n) is 6.80. The molecule has 1 saturated heterocycles. The quantitative estimate of drug-likeness (QED) is 0.855. The van der Waals surface area contributed by atoms with Gasteiger partial charge in [-0.2, -0.15) is 4.31 Å². The summed E-state index contributed by atoms with van der Waals surface area (Å²) in [6.07, 6.45) is 2.84. The van der Waals surface area contributed by atoms with Gasteiger partial charge in [-0.1, -0.05) is 37.1 Å². The van der Waals surface area contributed by atoms with Gasteiger partial charge in [0.15, 0.2) is 0 Å². The van der Waals surface area contributed by atoms with Gasteiger partial charge >= 0.3 is 0 Å². The molecule has 0 bridgehead atoms. The Morgan fingerprint density at radius 3 is 2.63 bits per heavy atom. The zero-order valence-corrected chi connectivity index (χ0v) is 16.5. The molecule has 6 nitrogen and oxygen atoms in total. The molecule has 1 aliphatic rings. The van der Waals surface area contributed by atoms with Crippen LogP contribution >= 0.6 is 0 Å². The Kier molecular flexibility index (Phi) is 5.92. The number of carbonyl (C=O) groups excluding carboxylic acids is 1. The molecule has 144 valence electrons. The van der Waals surface area contributed by atoms with Crippen molar-refractivity contribution in [3.05, 3.63) is 53.7 Å². The van der Waals surface area contributed by atoms with Crippen molar-refractivity contribution in [2.24, 2.45) is 0 Å². The molecular formula is C20H25N3O3S. The summed E-state index contributed by atoms with van der Waals surface area (Å²) in [4.78, 5) is 17.5. The molecule has 1 amide bonds. The lowest BCUT2D eigenvalue weighted by Gasteiger charge is -2.33. The maximum Gasteiger partial charge on any atom is 0.243 e. The molecule has 3 rings (SSSR count). The van der Waals surface area contributed by atoms with E-state index in [9.17, 15) is 13.2 Å². The van der Waals surface area contributed by atoms with E-state index in [4.69, 9.17) is 0 Å². The second-order valence-corrected chi connectivity index (χ2v) is 8.69. The number of hydrogen-bond acceptors (Lipinski definition) is 4. The first-order valence-electron chi connectivity index (χ1n) is 9.27. The average molecular weight is 388 g/mol. The smallest absolute Gasteiger partial charge is 0.243 e. The van der Waals surface area contributed by atoms with Gasteiger partial charge in [-0.15, -0.1) is 0 Å². The zero-order chi connectivity index (χ0) is 19.4. The highest BCUT2D eigenvalue weighted by Gasteiger charge is 2.37. The lowest BCUT2D eigenvalue weighted by molar-refractivity contribution is -0.120. The standard InChI is InChI=1S/C20H25N3O3S/c1-3-16-7-6-9-19(21-16)22-20(24)18-8-4-5-14-23(18)27(25,26)17-12-10-15(2)11-13-17/h6-7,9-13,18H,3-5,8,14H2,1-2H3,(H,21,22,24)/t18-/m1/s1. The molecule has 0 aliphatic carbocycles. The molecule has 1 aromatic heterocycles. The highest BCUT2D eigenvalue weighted by molar-refractivity contribution is 7.89. The van der Waals surface area contributed by atoms with Crippen molar-refractivity contribution < 1.29 is 13.2 Å². The molecule has 7 heteroatoms. The maximum atomic E-state index is 13.1. The number of piperidine rings is 1. The molecule has 2 heterocycles. The third kappa shape index (κ3) is 4.36. The van der Waals surface area contributed by atoms with E-state index in [-0.39, 0.29) is 10.8 Å². The van der Waals surface area contributed by atoms with E-state index >= 15 is 0 Å². The van der Waals surface area contributed by atoms with Crippen LogP contribution in [0.4, 0.5) is 5.82 Å². The Morgan fingerprint density at radius 2 is 1.93 bits per heavy atom. The van der Waals surface area contributed by atoms with E-state index in [2.05, 4.69) is 10.3 Å². The van der Waals surface area contributed by atoms with Gasteiger partial charge in [-0.25, -0.2) is 13.4 Å². The number of hydrogen-bond donors (Lipinski definition) is 1. The van der Waals surface area contributed by atoms with Crippen molar-refractivity contribution in [3.8, 4) is 0 Å². The van der Waals surface area contributed by atoms with Crippen LogP contribution in [0.15, 0.2) is 47.4 Å². The minimum Gasteiger partial charge on any atom is -0.309 e. The molecule has 0 radical (unpaired) electrons. The van der Waals surface area contributed by atoms with E-state index < -0.39 is 16.1 Å². The predicted molar refractivity (Wildman–Crippen MR) is 105 cm³/mol. The van der Waals surface area contributed by atoms with E-state index in [1.54, 1.807) is 30.3 Å². The zero-order valence-electron chi connectivity index (χ0n) is 15.7. The van der Waals surface area contributed by atoms with Crippen LogP contribution < -0.4 is 5.32 Å². The molecule has 1 atom stereocenters. The first-order chi connectivity index (χ1) is 12.9. The first-order valence-corrected chi connectivity index (χ1v) is 10.7. The van der Waals surface area contributed by atoms with E-state index in [0.29, 0.717) is 18.8 Å². The van der Waals surface area contributed by atoms with Crippen molar-refractivity contribution in [2.45, 2.75) is 50.5 Å². The molecule has 1 aromatic carbocycles. The Bertz CT molecular complexity index is 910. The maximum absolute atomic E-state index is 13.1. The molecule has 27 heavy (non-hydrogen) atoms. The average Bonchev–Trinajstić information content (AvgIpc) is 2.68. The van der Waals surface area contributed by atoms with Gasteiger partial charge < -0.3 is 5.32 Å². The third-order valence-electron chi connectivity index (χ3n) is 4.80. The summed E-state index contributed by atoms with van der Waals surface area (Å²) in [6, 6.07) is 11.5. The fourth-order valence-corrected chi connectivity index (χ4v) is 4.91. The Morgan fingerprint density at radius 1 is 1.19 bits per heavy atom. The monoisotopic (exact) mass is 387 g/mol. The Hall–Kier alpha value is -2.25. The van der Waals surface area contributed by atoms with Gasteiger partial charge in [0, 0.05) is 12.2 Å². The number of sulfonamides is 1. The van der Waals surface area contributed by atoms with Crippen LogP contribution in [0.1, 0.15) is 37.4 Å². The minimum atomic E-state index is -3.73. The number of aromatic nitrogens is 1. The predicted octanol–water partition coefficient (Wildman–Crippen LogP) is 3.13. The van der Waals surface area contributed by atoms with Gasteiger partial charge in [0.2, 0.25) is 15.9 Å². The second kappa shape index (κ2) is 8.19. The fraction of sp³-hybridized carbons (Fsp3) is 0.400. The number of benzene rings is 1. The number of carbonyl (C=O) groups is 1. The summed E-state index contributed by atoms with van der Waals surface area (Å²) in [5.41, 5.74) is 1.87. The summed E-state index contributed by atoms with van der Waals surface area (Å²) in [6.45, 7) is 4.24. The summed E-state index contributed by atoms with van der Waals surface area (Å²) in [5, 5.41) is 2.79. The number of nitrogens with one attached hydrogen (secondary N) is 1. The van der Waals surface area contributed by atoms with Crippen molar-refractivity contribution in [2.75, 3.05) is 11.9 Å². The lowest BCUT2D eigenvalue weighted by Crippen LogP contribution is -2.49. The highest BCUT2D eigenvalue weighted by Crippen LogP contribution is 2.26. The number of anilines is 1. The number of pyridine rings is 1. The number of nitrogens with zero attached hydrogens (tertiary/aromatic N) is 2. The number of rotatable bonds is 5. The first kappa shape index (κ1) is 19.5. The normalized spacial score (nSPS) is 18.2. The lowest BCUT2D eigenvalue weighted by atomic mass is 10.0. The molecule has 1 aliphatic heterocycles. The Labute approximate surface area is 160 Å². The van der Waals surface area contributed by atoms with Crippen molar-refractivity contribution in [1.82, 2.24) is 9.29 Å². The topological polar surface area (TPSA) is 79.4 Å². The SMILES string of the molecule is CCc1cccc(NC(=O)[C@H]2CCCCN2S(=O)(=O)c2ccc(C)cc2)n1. The van der Waals surface area contributed by atoms with Crippen molar-refractivity contribution in [3.63, 3.8) is 0 Å². The van der Waals surface area contributed by atoms with Crippen LogP contribution in [0.2, 0.25) is 0 Å². The molecule has 1 fully saturated rings. The fourth-order valence-electron chi connectivity index (χ4n) is 3.26. The number of amides is 1. The molecule has 1 N–H and O–H groups in total. The summed E-state index contributed by atoms with van der Waals surface area (Å²) in [7, 11) is -3.73. The van der Waals surface area contributed by atoms with Crippen LogP contribution in [0.25, 0.3) is 0 Å². The summed E-state index contributed by atoms with van der Waals surface area (Å²) in [5.74, 6) is 0.128. The molecule has 0 saturated carbocycles. The molecule has 0 spiro atoms. The van der Waals surface area contributed by atoms with Crippen LogP contribution in [0, 0.1) is 6.92 Å². The van der Waals surface area contributed by atoms with Gasteiger partial charge in [-0.05, 0) is 50.5 Å². The number of aryl methyl sites for hydroxylation is 2. The Balaban J connectivity index is 1.84. The van der Waals surface area contributed by atoms with Gasteiger partial charge in [0.25, 0.3) is 0 Å². The largest absolute Gasteiger partial charge is 0.309 e. The molecule has 0 unspecified atom stereocenters. The molecular weight excluding hydrogens is 362 g/mol. The summed E-state index contributed by atoms with van der Waals surface area (Å²) < 4.78 is 27.5. The third-order valence-corrected chi connectivity index (χ3v) is 6.73. The van der Waals surface area contributed by atoms with Crippen LogP contribution in [0.3, 0.4) is 0 Å². The van der Waals surface area contributed by atoms with E-state index in [1.165, 1.54) is 4.31 Å². The van der Waals surface area contributed by atoms with Gasteiger partial charge in [0.05, 0.1) is 4.90 Å². The van der Waals surface area contributed by atoms with Gasteiger partial charge in [-0.3, -0.25) is 4.79 Å². The minimum absolute atomic E-state index is 0.221. The molecule has 2 aromatic rings. The van der Waals surface area contributed by atoms with Crippen LogP contribution in [0.5, 0.6) is 0 Å². The van der Waals surface area contributed by atoms with E-state index in [0.717, 1.165) is 30.5 Å². The van der Waals surface area contributed by atoms with Gasteiger partial charge in [0.1, 0.15) is 11.9 Å². The van der Waals surface area contributed by atoms with Crippen LogP contribution in [-0.2, 0) is 21.2 Å². The van der Waals surface area contributed by atoms with Crippen molar-refractivity contribution in [1.29, 1.82) is 0 Å². The van der Waals surface area contributed by atoms with Crippen molar-refractivity contribution >= 4 is 21.7 Å². The van der Waals surface area contributed by atoms with E-state index in [1.807, 2.05) is 26.0 Å².